The van der Waals surface area contributed by atoms with E-state index in [2.05, 4.69) is 15.2 Å². The van der Waals surface area contributed by atoms with Gasteiger partial charge in [0.15, 0.2) is 0 Å². The fourth-order valence-electron chi connectivity index (χ4n) is 1.27. The number of amides is 1. The minimum Gasteiger partial charge on any atom is -0.415 e. The van der Waals surface area contributed by atoms with Crippen molar-refractivity contribution in [3.05, 3.63) is 29.9 Å². The fourth-order valence-corrected chi connectivity index (χ4v) is 1.27. The predicted molar refractivity (Wildman–Crippen MR) is 55.4 cm³/mol. The molecule has 0 saturated carbocycles. The molecule has 0 spiro atoms. The maximum Gasteiger partial charge on any atom is 0.314 e. The largest absolute Gasteiger partial charge is 0.415 e. The summed E-state index contributed by atoms with van der Waals surface area (Å²) in [4.78, 5) is 14.6. The van der Waals surface area contributed by atoms with Crippen LogP contribution in [0.3, 0.4) is 0 Å². The van der Waals surface area contributed by atoms with Gasteiger partial charge in [-0.05, 0) is 12.1 Å². The second-order valence-corrected chi connectivity index (χ2v) is 3.43. The van der Waals surface area contributed by atoms with Crippen molar-refractivity contribution in [1.29, 1.82) is 0 Å². The second kappa shape index (κ2) is 4.86. The molecule has 2 aromatic rings. The van der Waals surface area contributed by atoms with E-state index in [1.165, 1.54) is 18.3 Å². The number of pyridine rings is 1. The third kappa shape index (κ3) is 2.65. The van der Waals surface area contributed by atoms with E-state index in [4.69, 9.17) is 10.2 Å². The van der Waals surface area contributed by atoms with Gasteiger partial charge >= 0.3 is 6.43 Å². The molecule has 6 nitrogen and oxygen atoms in total. The number of carbonyl (C=O) groups excluding carboxylic acids is 1. The number of nitrogens with zero attached hydrogens (tertiary/aromatic N) is 3. The second-order valence-electron chi connectivity index (χ2n) is 3.43. The van der Waals surface area contributed by atoms with Gasteiger partial charge in [0, 0.05) is 11.9 Å². The standard InChI is InChI=1S/C10H8F2N4O2/c11-8(12)10-16-15-9(18-10)5-1-2-6(14-4-5)3-7(13)17/h1-2,4,8H,3H2,(H2,13,17). The van der Waals surface area contributed by atoms with E-state index in [-0.39, 0.29) is 12.3 Å². The first kappa shape index (κ1) is 12.1. The smallest absolute Gasteiger partial charge is 0.314 e. The Hall–Kier alpha value is -2.38. The lowest BCUT2D eigenvalue weighted by Crippen LogP contribution is -2.14. The number of primary amides is 1. The lowest BCUT2D eigenvalue weighted by atomic mass is 10.2. The van der Waals surface area contributed by atoms with Gasteiger partial charge < -0.3 is 10.2 Å². The van der Waals surface area contributed by atoms with Crippen LogP contribution in [-0.2, 0) is 11.2 Å². The number of halogens is 2. The van der Waals surface area contributed by atoms with E-state index in [0.29, 0.717) is 11.3 Å². The molecule has 2 rings (SSSR count). The molecular formula is C10H8F2N4O2. The maximum atomic E-state index is 12.2. The molecule has 8 heteroatoms. The molecular weight excluding hydrogens is 246 g/mol. The summed E-state index contributed by atoms with van der Waals surface area (Å²) in [6, 6.07) is 3.07. The summed E-state index contributed by atoms with van der Waals surface area (Å²) < 4.78 is 29.2. The Morgan fingerprint density at radius 2 is 2.17 bits per heavy atom. The molecule has 0 aliphatic carbocycles. The van der Waals surface area contributed by atoms with Crippen molar-refractivity contribution < 1.29 is 18.0 Å². The molecule has 0 aliphatic heterocycles. The Morgan fingerprint density at radius 1 is 1.39 bits per heavy atom. The Bertz CT molecular complexity index is 553. The molecule has 2 aromatic heterocycles. The van der Waals surface area contributed by atoms with Crippen LogP contribution in [0.5, 0.6) is 0 Å². The SMILES string of the molecule is NC(=O)Cc1ccc(-c2nnc(C(F)F)o2)cn1. The number of hydrogen-bond donors (Lipinski definition) is 1. The molecule has 2 heterocycles. The zero-order chi connectivity index (χ0) is 13.1. The summed E-state index contributed by atoms with van der Waals surface area (Å²) >= 11 is 0. The number of nitrogens with two attached hydrogens (primary N) is 1. The van der Waals surface area contributed by atoms with Gasteiger partial charge in [-0.15, -0.1) is 10.2 Å². The minimum atomic E-state index is -2.81. The van der Waals surface area contributed by atoms with Crippen molar-refractivity contribution >= 4 is 5.91 Å². The summed E-state index contributed by atoms with van der Waals surface area (Å²) in [6.45, 7) is 0. The number of alkyl halides is 2. The fraction of sp³-hybridized carbons (Fsp3) is 0.200. The average molecular weight is 254 g/mol. The Balaban J connectivity index is 2.20. The first-order chi connectivity index (χ1) is 8.56. The molecule has 94 valence electrons. The van der Waals surface area contributed by atoms with Gasteiger partial charge in [-0.1, -0.05) is 0 Å². The van der Waals surface area contributed by atoms with Gasteiger partial charge in [-0.2, -0.15) is 8.78 Å². The normalized spacial score (nSPS) is 10.8. The van der Waals surface area contributed by atoms with Crippen LogP contribution in [0.2, 0.25) is 0 Å². The Morgan fingerprint density at radius 3 is 2.67 bits per heavy atom. The molecule has 0 aliphatic rings. The molecule has 0 unspecified atom stereocenters. The molecule has 0 saturated heterocycles. The highest BCUT2D eigenvalue weighted by Gasteiger charge is 2.17. The van der Waals surface area contributed by atoms with Gasteiger partial charge in [-0.3, -0.25) is 9.78 Å². The van der Waals surface area contributed by atoms with Gasteiger partial charge in [-0.25, -0.2) is 0 Å². The molecule has 1 amide bonds. The van der Waals surface area contributed by atoms with Crippen LogP contribution < -0.4 is 5.73 Å². The Kier molecular flexibility index (Phi) is 3.26. The van der Waals surface area contributed by atoms with E-state index >= 15 is 0 Å². The van der Waals surface area contributed by atoms with Crippen LogP contribution in [0, 0.1) is 0 Å². The van der Waals surface area contributed by atoms with Crippen molar-refractivity contribution in [1.82, 2.24) is 15.2 Å². The quantitative estimate of drug-likeness (QED) is 0.881. The van der Waals surface area contributed by atoms with E-state index in [0.717, 1.165) is 0 Å². The van der Waals surface area contributed by atoms with Crippen molar-refractivity contribution in [2.75, 3.05) is 0 Å². The topological polar surface area (TPSA) is 94.9 Å². The van der Waals surface area contributed by atoms with Crippen molar-refractivity contribution in [3.8, 4) is 11.5 Å². The van der Waals surface area contributed by atoms with E-state index in [1.54, 1.807) is 0 Å². The van der Waals surface area contributed by atoms with Crippen LogP contribution in [-0.4, -0.2) is 21.1 Å². The highest BCUT2D eigenvalue weighted by Crippen LogP contribution is 2.22. The van der Waals surface area contributed by atoms with Crippen LogP contribution in [0.25, 0.3) is 11.5 Å². The summed E-state index contributed by atoms with van der Waals surface area (Å²) in [5.74, 6) is -1.30. The van der Waals surface area contributed by atoms with E-state index < -0.39 is 18.2 Å². The molecule has 18 heavy (non-hydrogen) atoms. The average Bonchev–Trinajstić information content (AvgIpc) is 2.78. The first-order valence-electron chi connectivity index (χ1n) is 4.91. The molecule has 2 N–H and O–H groups in total. The van der Waals surface area contributed by atoms with Crippen LogP contribution >= 0.6 is 0 Å². The van der Waals surface area contributed by atoms with Crippen molar-refractivity contribution in [2.45, 2.75) is 12.8 Å². The summed E-state index contributed by atoms with van der Waals surface area (Å²) in [5.41, 5.74) is 5.87. The summed E-state index contributed by atoms with van der Waals surface area (Å²) in [7, 11) is 0. The molecule has 0 fully saturated rings. The number of carbonyl (C=O) groups is 1. The molecule has 0 bridgehead atoms. The highest BCUT2D eigenvalue weighted by molar-refractivity contribution is 5.76. The maximum absolute atomic E-state index is 12.2. The zero-order valence-electron chi connectivity index (χ0n) is 9.01. The Labute approximate surface area is 99.8 Å². The third-order valence-corrected chi connectivity index (χ3v) is 2.05. The number of aromatic nitrogens is 3. The molecule has 0 radical (unpaired) electrons. The van der Waals surface area contributed by atoms with Crippen molar-refractivity contribution in [2.24, 2.45) is 5.73 Å². The van der Waals surface area contributed by atoms with Gasteiger partial charge in [0.05, 0.1) is 12.0 Å². The monoisotopic (exact) mass is 254 g/mol. The predicted octanol–water partition coefficient (Wildman–Crippen LogP) is 1.10. The van der Waals surface area contributed by atoms with E-state index in [9.17, 15) is 13.6 Å². The summed E-state index contributed by atoms with van der Waals surface area (Å²) in [5, 5.41) is 6.66. The zero-order valence-corrected chi connectivity index (χ0v) is 9.01. The van der Waals surface area contributed by atoms with Gasteiger partial charge in [0.2, 0.25) is 11.8 Å². The molecule has 0 atom stereocenters. The molecule has 0 aromatic carbocycles. The van der Waals surface area contributed by atoms with Crippen LogP contribution in [0.4, 0.5) is 8.78 Å². The number of hydrogen-bond acceptors (Lipinski definition) is 5. The van der Waals surface area contributed by atoms with Gasteiger partial charge in [0.25, 0.3) is 5.89 Å². The van der Waals surface area contributed by atoms with Gasteiger partial charge in [0.1, 0.15) is 0 Å². The summed E-state index contributed by atoms with van der Waals surface area (Å²) in [6.07, 6.45) is -1.46. The first-order valence-corrected chi connectivity index (χ1v) is 4.91. The minimum absolute atomic E-state index is 0.00635. The lowest BCUT2D eigenvalue weighted by Gasteiger charge is -1.98. The highest BCUT2D eigenvalue weighted by atomic mass is 19.3. The van der Waals surface area contributed by atoms with Crippen LogP contribution in [0.15, 0.2) is 22.7 Å². The van der Waals surface area contributed by atoms with Crippen molar-refractivity contribution in [3.63, 3.8) is 0 Å². The number of rotatable bonds is 4. The van der Waals surface area contributed by atoms with E-state index in [1.807, 2.05) is 0 Å². The van der Waals surface area contributed by atoms with Crippen LogP contribution in [0.1, 0.15) is 18.0 Å². The lowest BCUT2D eigenvalue weighted by molar-refractivity contribution is -0.117. The third-order valence-electron chi connectivity index (χ3n) is 2.05.